The molecule has 2 N–H and O–H groups in total. The van der Waals surface area contributed by atoms with Gasteiger partial charge in [-0.15, -0.1) is 0 Å². The largest absolute Gasteiger partial charge is 0.465 e. The minimum Gasteiger partial charge on any atom is -0.465 e. The molecule has 0 bridgehead atoms. The second kappa shape index (κ2) is 8.31. The Morgan fingerprint density at radius 1 is 1.00 bits per heavy atom. The van der Waals surface area contributed by atoms with Gasteiger partial charge in [0.05, 0.1) is 18.4 Å². The van der Waals surface area contributed by atoms with Crippen molar-refractivity contribution in [1.29, 1.82) is 0 Å². The molecule has 138 valence electrons. The monoisotopic (exact) mass is 362 g/mol. The summed E-state index contributed by atoms with van der Waals surface area (Å²) in [4.78, 5) is 20.8. The van der Waals surface area contributed by atoms with Crippen LogP contribution in [0.2, 0.25) is 0 Å². The van der Waals surface area contributed by atoms with Crippen LogP contribution in [0.1, 0.15) is 34.7 Å². The van der Waals surface area contributed by atoms with E-state index in [2.05, 4.69) is 39.7 Å². The fraction of sp³-hybridized carbons (Fsp3) is 0.190. The molecule has 0 aliphatic carbocycles. The van der Waals surface area contributed by atoms with Gasteiger partial charge in [-0.05, 0) is 31.5 Å². The van der Waals surface area contributed by atoms with E-state index < -0.39 is 5.97 Å². The summed E-state index contributed by atoms with van der Waals surface area (Å²) in [5.74, 6) is 1.52. The highest BCUT2D eigenvalue weighted by atomic mass is 16.5. The maximum atomic E-state index is 12.0. The van der Waals surface area contributed by atoms with E-state index in [9.17, 15) is 4.79 Å². The Balaban J connectivity index is 1.83. The number of carbonyl (C=O) groups is 1. The summed E-state index contributed by atoms with van der Waals surface area (Å²) in [6.45, 7) is 3.90. The molecule has 1 aromatic heterocycles. The molecule has 0 saturated heterocycles. The fourth-order valence-corrected chi connectivity index (χ4v) is 2.77. The number of para-hydroxylation sites is 1. The van der Waals surface area contributed by atoms with Gasteiger partial charge < -0.3 is 15.4 Å². The van der Waals surface area contributed by atoms with E-state index in [1.807, 2.05) is 43.3 Å². The molecular formula is C21H22N4O2. The number of benzene rings is 2. The number of ether oxygens (including phenoxy) is 1. The summed E-state index contributed by atoms with van der Waals surface area (Å²) in [5, 5.41) is 6.58. The van der Waals surface area contributed by atoms with Crippen LogP contribution in [-0.4, -0.2) is 23.0 Å². The van der Waals surface area contributed by atoms with Crippen LogP contribution in [0.25, 0.3) is 0 Å². The topological polar surface area (TPSA) is 76.1 Å². The van der Waals surface area contributed by atoms with Gasteiger partial charge in [-0.1, -0.05) is 42.5 Å². The Bertz CT molecular complexity index is 928. The highest BCUT2D eigenvalue weighted by Gasteiger charge is 2.13. The number of hydrogen-bond donors (Lipinski definition) is 2. The first-order valence-electron chi connectivity index (χ1n) is 8.68. The predicted molar refractivity (Wildman–Crippen MR) is 106 cm³/mol. The van der Waals surface area contributed by atoms with Gasteiger partial charge in [0, 0.05) is 12.1 Å². The number of hydrogen-bond acceptors (Lipinski definition) is 6. The van der Waals surface area contributed by atoms with Crippen LogP contribution >= 0.6 is 0 Å². The lowest BCUT2D eigenvalue weighted by Crippen LogP contribution is -2.10. The maximum Gasteiger partial charge on any atom is 0.339 e. The third kappa shape index (κ3) is 4.61. The van der Waals surface area contributed by atoms with Crippen LogP contribution < -0.4 is 10.6 Å². The number of rotatable bonds is 6. The van der Waals surface area contributed by atoms with Crippen molar-refractivity contribution in [1.82, 2.24) is 9.97 Å². The Morgan fingerprint density at radius 3 is 2.41 bits per heavy atom. The Hall–Kier alpha value is -3.41. The molecule has 3 aromatic rings. The van der Waals surface area contributed by atoms with Crippen molar-refractivity contribution in [2.75, 3.05) is 17.7 Å². The van der Waals surface area contributed by atoms with E-state index in [4.69, 9.17) is 4.74 Å². The smallest absolute Gasteiger partial charge is 0.339 e. The predicted octanol–water partition coefficient (Wildman–Crippen LogP) is 4.49. The molecule has 2 aromatic carbocycles. The van der Waals surface area contributed by atoms with Crippen molar-refractivity contribution in [3.63, 3.8) is 0 Å². The standard InChI is InChI=1S/C21H22N4O2/c1-14(16-9-5-4-6-10-16)22-19-13-20(24-15(2)23-19)25-18-12-8-7-11-17(18)21(26)27-3/h4-14H,1-3H3,(H2,22,23,24,25). The minimum atomic E-state index is -0.403. The van der Waals surface area contributed by atoms with Crippen molar-refractivity contribution >= 4 is 23.3 Å². The normalized spacial score (nSPS) is 11.5. The lowest BCUT2D eigenvalue weighted by Gasteiger charge is -2.16. The molecule has 6 nitrogen and oxygen atoms in total. The van der Waals surface area contributed by atoms with E-state index in [1.165, 1.54) is 12.7 Å². The highest BCUT2D eigenvalue weighted by molar-refractivity contribution is 5.96. The molecule has 0 aliphatic heterocycles. The summed E-state index contributed by atoms with van der Waals surface area (Å²) in [6.07, 6.45) is 0. The van der Waals surface area contributed by atoms with Crippen LogP contribution in [0.4, 0.5) is 17.3 Å². The lowest BCUT2D eigenvalue weighted by atomic mass is 10.1. The summed E-state index contributed by atoms with van der Waals surface area (Å²) in [7, 11) is 1.36. The maximum absolute atomic E-state index is 12.0. The summed E-state index contributed by atoms with van der Waals surface area (Å²) in [6, 6.07) is 19.2. The van der Waals surface area contributed by atoms with Gasteiger partial charge in [-0.3, -0.25) is 0 Å². The first-order chi connectivity index (χ1) is 13.1. The van der Waals surface area contributed by atoms with Gasteiger partial charge in [0.25, 0.3) is 0 Å². The zero-order valence-corrected chi connectivity index (χ0v) is 15.6. The van der Waals surface area contributed by atoms with E-state index in [1.54, 1.807) is 12.1 Å². The van der Waals surface area contributed by atoms with Crippen molar-refractivity contribution in [3.8, 4) is 0 Å². The second-order valence-corrected chi connectivity index (χ2v) is 6.12. The van der Waals surface area contributed by atoms with Crippen LogP contribution in [0.3, 0.4) is 0 Å². The molecule has 0 fully saturated rings. The number of aryl methyl sites for hydroxylation is 1. The van der Waals surface area contributed by atoms with E-state index in [0.29, 0.717) is 28.7 Å². The van der Waals surface area contributed by atoms with Crippen LogP contribution in [0.5, 0.6) is 0 Å². The molecular weight excluding hydrogens is 340 g/mol. The summed E-state index contributed by atoms with van der Waals surface area (Å²) >= 11 is 0. The Morgan fingerprint density at radius 2 is 1.67 bits per heavy atom. The average molecular weight is 362 g/mol. The molecule has 0 radical (unpaired) electrons. The molecule has 1 unspecified atom stereocenters. The van der Waals surface area contributed by atoms with Gasteiger partial charge in [0.2, 0.25) is 0 Å². The number of nitrogens with one attached hydrogen (secondary N) is 2. The van der Waals surface area contributed by atoms with E-state index in [-0.39, 0.29) is 6.04 Å². The molecule has 0 aliphatic rings. The van der Waals surface area contributed by atoms with Crippen molar-refractivity contribution < 1.29 is 9.53 Å². The van der Waals surface area contributed by atoms with E-state index in [0.717, 1.165) is 0 Å². The number of nitrogens with zero attached hydrogens (tertiary/aromatic N) is 2. The van der Waals surface area contributed by atoms with Crippen molar-refractivity contribution in [2.45, 2.75) is 19.9 Å². The summed E-state index contributed by atoms with van der Waals surface area (Å²) in [5.41, 5.74) is 2.24. The van der Waals surface area contributed by atoms with Gasteiger partial charge in [0.1, 0.15) is 17.5 Å². The molecule has 0 amide bonds. The van der Waals surface area contributed by atoms with Crippen molar-refractivity contribution in [2.24, 2.45) is 0 Å². The van der Waals surface area contributed by atoms with Gasteiger partial charge >= 0.3 is 5.97 Å². The van der Waals surface area contributed by atoms with Crippen LogP contribution in [0, 0.1) is 6.92 Å². The summed E-state index contributed by atoms with van der Waals surface area (Å²) < 4.78 is 4.84. The molecule has 3 rings (SSSR count). The molecule has 0 saturated carbocycles. The third-order valence-corrected chi connectivity index (χ3v) is 4.10. The fourth-order valence-electron chi connectivity index (χ4n) is 2.77. The van der Waals surface area contributed by atoms with Gasteiger partial charge in [0.15, 0.2) is 0 Å². The first-order valence-corrected chi connectivity index (χ1v) is 8.68. The SMILES string of the molecule is COC(=O)c1ccccc1Nc1cc(NC(C)c2ccccc2)nc(C)n1. The number of aromatic nitrogens is 2. The quantitative estimate of drug-likeness (QED) is 0.629. The highest BCUT2D eigenvalue weighted by Crippen LogP contribution is 2.24. The molecule has 0 spiro atoms. The van der Waals surface area contributed by atoms with Gasteiger partial charge in [-0.2, -0.15) is 0 Å². The van der Waals surface area contributed by atoms with Gasteiger partial charge in [-0.25, -0.2) is 14.8 Å². The number of esters is 1. The lowest BCUT2D eigenvalue weighted by molar-refractivity contribution is 0.0602. The molecule has 27 heavy (non-hydrogen) atoms. The van der Waals surface area contributed by atoms with Crippen LogP contribution in [0.15, 0.2) is 60.7 Å². The third-order valence-electron chi connectivity index (χ3n) is 4.10. The Labute approximate surface area is 158 Å². The van der Waals surface area contributed by atoms with E-state index >= 15 is 0 Å². The van der Waals surface area contributed by atoms with Crippen LogP contribution in [-0.2, 0) is 4.74 Å². The van der Waals surface area contributed by atoms with Crippen molar-refractivity contribution in [3.05, 3.63) is 77.6 Å². The average Bonchev–Trinajstić information content (AvgIpc) is 2.68. The number of carbonyl (C=O) groups excluding carboxylic acids is 1. The number of methoxy groups -OCH3 is 1. The number of anilines is 3. The minimum absolute atomic E-state index is 0.0932. The zero-order valence-electron chi connectivity index (χ0n) is 15.6. The molecule has 1 atom stereocenters. The molecule has 6 heteroatoms. The molecule has 1 heterocycles. The Kier molecular flexibility index (Phi) is 5.66. The first kappa shape index (κ1) is 18.4. The second-order valence-electron chi connectivity index (χ2n) is 6.12. The zero-order chi connectivity index (χ0) is 19.2.